The standard InChI is InChI=1S/C17H14BrN3O3S/c18-14-6-8-15(9-7-14)25(22,23)21-10-13(11-21)17-19-16(20-24-17)12-4-2-1-3-5-12/h1-9,13H,10-11H2. The summed E-state index contributed by atoms with van der Waals surface area (Å²) in [6.45, 7) is 0.684. The van der Waals surface area contributed by atoms with E-state index in [0.29, 0.717) is 24.8 Å². The molecule has 2 aromatic carbocycles. The van der Waals surface area contributed by atoms with Gasteiger partial charge in [-0.05, 0) is 24.3 Å². The van der Waals surface area contributed by atoms with E-state index in [0.717, 1.165) is 10.0 Å². The molecule has 25 heavy (non-hydrogen) atoms. The van der Waals surface area contributed by atoms with Crippen LogP contribution in [0.15, 0.2) is 68.5 Å². The third-order valence-electron chi connectivity index (χ3n) is 4.12. The lowest BCUT2D eigenvalue weighted by molar-refractivity contribution is 0.217. The number of benzene rings is 2. The summed E-state index contributed by atoms with van der Waals surface area (Å²) >= 11 is 3.31. The Hall–Kier alpha value is -2.03. The average Bonchev–Trinajstić information content (AvgIpc) is 3.04. The molecule has 0 unspecified atom stereocenters. The van der Waals surface area contributed by atoms with E-state index in [1.54, 1.807) is 24.3 Å². The first-order chi connectivity index (χ1) is 12.0. The van der Waals surface area contributed by atoms with Crippen molar-refractivity contribution < 1.29 is 12.9 Å². The second-order valence-corrected chi connectivity index (χ2v) is 8.65. The summed E-state index contributed by atoms with van der Waals surface area (Å²) in [5, 5.41) is 3.99. The first-order valence-corrected chi connectivity index (χ1v) is 9.92. The third kappa shape index (κ3) is 3.12. The van der Waals surface area contributed by atoms with Crippen LogP contribution in [0.1, 0.15) is 11.8 Å². The van der Waals surface area contributed by atoms with E-state index < -0.39 is 10.0 Å². The van der Waals surface area contributed by atoms with Crippen LogP contribution in [0.4, 0.5) is 0 Å². The van der Waals surface area contributed by atoms with E-state index in [4.69, 9.17) is 4.52 Å². The Morgan fingerprint density at radius 1 is 1.04 bits per heavy atom. The molecule has 1 aliphatic rings. The second-order valence-electron chi connectivity index (χ2n) is 5.80. The molecule has 0 aliphatic carbocycles. The fourth-order valence-corrected chi connectivity index (χ4v) is 4.45. The van der Waals surface area contributed by atoms with Gasteiger partial charge in [-0.2, -0.15) is 9.29 Å². The number of aromatic nitrogens is 2. The summed E-state index contributed by atoms with van der Waals surface area (Å²) in [4.78, 5) is 4.68. The number of halogens is 1. The predicted octanol–water partition coefficient (Wildman–Crippen LogP) is 3.29. The number of nitrogens with zero attached hydrogens (tertiary/aromatic N) is 3. The van der Waals surface area contributed by atoms with Crippen molar-refractivity contribution in [2.45, 2.75) is 10.8 Å². The van der Waals surface area contributed by atoms with Gasteiger partial charge in [-0.15, -0.1) is 0 Å². The van der Waals surface area contributed by atoms with Crippen molar-refractivity contribution in [1.29, 1.82) is 0 Å². The lowest BCUT2D eigenvalue weighted by atomic mass is 10.0. The molecule has 1 saturated heterocycles. The Morgan fingerprint density at radius 2 is 1.72 bits per heavy atom. The first kappa shape index (κ1) is 16.4. The van der Waals surface area contributed by atoms with Crippen LogP contribution in [0, 0.1) is 0 Å². The molecule has 8 heteroatoms. The molecule has 3 aromatic rings. The van der Waals surface area contributed by atoms with E-state index in [9.17, 15) is 8.42 Å². The summed E-state index contributed by atoms with van der Waals surface area (Å²) in [6, 6.07) is 16.1. The van der Waals surface area contributed by atoms with Crippen LogP contribution in [0.5, 0.6) is 0 Å². The van der Waals surface area contributed by atoms with Crippen LogP contribution in [0.3, 0.4) is 0 Å². The van der Waals surface area contributed by atoms with Crippen molar-refractivity contribution in [1.82, 2.24) is 14.4 Å². The molecule has 1 fully saturated rings. The number of hydrogen-bond donors (Lipinski definition) is 0. The topological polar surface area (TPSA) is 76.3 Å². The number of hydrogen-bond acceptors (Lipinski definition) is 5. The summed E-state index contributed by atoms with van der Waals surface area (Å²) in [6.07, 6.45) is 0. The van der Waals surface area contributed by atoms with Gasteiger partial charge in [0.2, 0.25) is 21.7 Å². The molecule has 0 bridgehead atoms. The van der Waals surface area contributed by atoms with Crippen LogP contribution in [-0.4, -0.2) is 36.0 Å². The van der Waals surface area contributed by atoms with Gasteiger partial charge < -0.3 is 4.52 Å². The molecular weight excluding hydrogens is 406 g/mol. The molecule has 0 saturated carbocycles. The normalized spacial score (nSPS) is 15.9. The summed E-state index contributed by atoms with van der Waals surface area (Å²) in [7, 11) is -3.48. The molecule has 1 aliphatic heterocycles. The molecular formula is C17H14BrN3O3S. The predicted molar refractivity (Wildman–Crippen MR) is 95.4 cm³/mol. The zero-order valence-electron chi connectivity index (χ0n) is 13.0. The number of rotatable bonds is 4. The Morgan fingerprint density at radius 3 is 2.40 bits per heavy atom. The maximum atomic E-state index is 12.6. The fraction of sp³-hybridized carbons (Fsp3) is 0.176. The quantitative estimate of drug-likeness (QED) is 0.648. The molecule has 0 radical (unpaired) electrons. The minimum Gasteiger partial charge on any atom is -0.339 e. The second kappa shape index (κ2) is 6.36. The maximum Gasteiger partial charge on any atom is 0.243 e. The van der Waals surface area contributed by atoms with Crippen LogP contribution in [0.25, 0.3) is 11.4 Å². The van der Waals surface area contributed by atoms with Gasteiger partial charge in [0.05, 0.1) is 10.8 Å². The van der Waals surface area contributed by atoms with Crippen LogP contribution in [-0.2, 0) is 10.0 Å². The molecule has 0 amide bonds. The van der Waals surface area contributed by atoms with E-state index in [2.05, 4.69) is 26.1 Å². The van der Waals surface area contributed by atoms with Crippen molar-refractivity contribution in [3.63, 3.8) is 0 Å². The highest BCUT2D eigenvalue weighted by Crippen LogP contribution is 2.32. The number of sulfonamides is 1. The minimum atomic E-state index is -3.48. The van der Waals surface area contributed by atoms with Crippen molar-refractivity contribution in [3.05, 3.63) is 65.0 Å². The molecule has 128 valence electrons. The van der Waals surface area contributed by atoms with Crippen molar-refractivity contribution in [2.75, 3.05) is 13.1 Å². The van der Waals surface area contributed by atoms with Gasteiger partial charge in [0, 0.05) is 23.1 Å². The molecule has 4 rings (SSSR count). The Bertz CT molecular complexity index is 981. The maximum absolute atomic E-state index is 12.6. The van der Waals surface area contributed by atoms with Crippen molar-refractivity contribution in [3.8, 4) is 11.4 Å². The van der Waals surface area contributed by atoms with E-state index >= 15 is 0 Å². The lowest BCUT2D eigenvalue weighted by Crippen LogP contribution is -2.48. The minimum absolute atomic E-state index is 0.0739. The highest BCUT2D eigenvalue weighted by molar-refractivity contribution is 9.10. The molecule has 0 spiro atoms. The Kier molecular flexibility index (Phi) is 4.18. The Balaban J connectivity index is 1.47. The molecule has 1 aromatic heterocycles. The van der Waals surface area contributed by atoms with Crippen LogP contribution in [0.2, 0.25) is 0 Å². The van der Waals surface area contributed by atoms with Gasteiger partial charge >= 0.3 is 0 Å². The monoisotopic (exact) mass is 419 g/mol. The highest BCUT2D eigenvalue weighted by Gasteiger charge is 2.40. The third-order valence-corrected chi connectivity index (χ3v) is 6.50. The average molecular weight is 420 g/mol. The molecule has 0 N–H and O–H groups in total. The smallest absolute Gasteiger partial charge is 0.243 e. The summed E-state index contributed by atoms with van der Waals surface area (Å²) in [5.41, 5.74) is 0.871. The molecule has 6 nitrogen and oxygen atoms in total. The van der Waals surface area contributed by atoms with Gasteiger partial charge in [0.15, 0.2) is 0 Å². The van der Waals surface area contributed by atoms with Gasteiger partial charge in [0.25, 0.3) is 0 Å². The van der Waals surface area contributed by atoms with Gasteiger partial charge in [-0.25, -0.2) is 8.42 Å². The SMILES string of the molecule is O=S(=O)(c1ccc(Br)cc1)N1CC(c2nc(-c3ccccc3)no2)C1. The highest BCUT2D eigenvalue weighted by atomic mass is 79.9. The van der Waals surface area contributed by atoms with Gasteiger partial charge in [-0.3, -0.25) is 0 Å². The summed E-state index contributed by atoms with van der Waals surface area (Å²) < 4.78 is 32.7. The zero-order valence-corrected chi connectivity index (χ0v) is 15.4. The van der Waals surface area contributed by atoms with Crippen LogP contribution < -0.4 is 0 Å². The van der Waals surface area contributed by atoms with Crippen molar-refractivity contribution in [2.24, 2.45) is 0 Å². The summed E-state index contributed by atoms with van der Waals surface area (Å²) in [5.74, 6) is 0.918. The zero-order chi connectivity index (χ0) is 17.4. The van der Waals surface area contributed by atoms with Gasteiger partial charge in [0.1, 0.15) is 0 Å². The van der Waals surface area contributed by atoms with E-state index in [1.165, 1.54) is 4.31 Å². The van der Waals surface area contributed by atoms with E-state index in [-0.39, 0.29) is 10.8 Å². The lowest BCUT2D eigenvalue weighted by Gasteiger charge is -2.35. The molecule has 0 atom stereocenters. The molecule has 2 heterocycles. The van der Waals surface area contributed by atoms with Crippen molar-refractivity contribution >= 4 is 26.0 Å². The van der Waals surface area contributed by atoms with Crippen LogP contribution >= 0.6 is 15.9 Å². The Labute approximate surface area is 153 Å². The first-order valence-electron chi connectivity index (χ1n) is 7.69. The fourth-order valence-electron chi connectivity index (χ4n) is 2.65. The van der Waals surface area contributed by atoms with E-state index in [1.807, 2.05) is 30.3 Å². The largest absolute Gasteiger partial charge is 0.339 e. The van der Waals surface area contributed by atoms with Gasteiger partial charge in [-0.1, -0.05) is 51.4 Å².